The van der Waals surface area contributed by atoms with Crippen LogP contribution in [0.4, 0.5) is 4.79 Å². The Labute approximate surface area is 97.4 Å². The third kappa shape index (κ3) is 3.83. The fraction of sp³-hybridized carbons (Fsp3) is 0.833. The van der Waals surface area contributed by atoms with Crippen molar-refractivity contribution in [1.82, 2.24) is 10.2 Å². The van der Waals surface area contributed by atoms with Gasteiger partial charge in [-0.2, -0.15) is 0 Å². The number of unbranched alkanes of at least 4 members (excludes halogenated alkanes) is 3. The van der Waals surface area contributed by atoms with Gasteiger partial charge >= 0.3 is 6.03 Å². The smallest absolute Gasteiger partial charge is 0.324 e. The van der Waals surface area contributed by atoms with Gasteiger partial charge in [0.1, 0.15) is 0 Å². The van der Waals surface area contributed by atoms with E-state index in [1.165, 1.54) is 30.6 Å². The summed E-state index contributed by atoms with van der Waals surface area (Å²) in [6.07, 6.45) is 6.05. The van der Waals surface area contributed by atoms with Crippen LogP contribution in [-0.2, 0) is 4.79 Å². The molecule has 0 aromatic heterocycles. The van der Waals surface area contributed by atoms with Crippen molar-refractivity contribution in [3.63, 3.8) is 0 Å². The summed E-state index contributed by atoms with van der Waals surface area (Å²) in [6.45, 7) is 5.03. The van der Waals surface area contributed by atoms with Crippen LogP contribution < -0.4 is 5.32 Å². The molecule has 0 aromatic carbocycles. The molecule has 3 amide bonds. The van der Waals surface area contributed by atoms with Crippen LogP contribution >= 0.6 is 0 Å². The van der Waals surface area contributed by atoms with Crippen LogP contribution in [-0.4, -0.2) is 29.9 Å². The van der Waals surface area contributed by atoms with Gasteiger partial charge in [-0.3, -0.25) is 9.69 Å². The maximum Gasteiger partial charge on any atom is 0.324 e. The van der Waals surface area contributed by atoms with Gasteiger partial charge in [0.05, 0.1) is 6.54 Å². The number of carbonyl (C=O) groups excluding carboxylic acids is 2. The number of hydrogen-bond acceptors (Lipinski definition) is 2. The van der Waals surface area contributed by atoms with Crippen LogP contribution in [0, 0.1) is 5.92 Å². The largest absolute Gasteiger partial charge is 0.329 e. The number of hydrogen-bond donors (Lipinski definition) is 1. The molecule has 1 atom stereocenters. The summed E-state index contributed by atoms with van der Waals surface area (Å²) < 4.78 is 0. The monoisotopic (exact) mass is 226 g/mol. The van der Waals surface area contributed by atoms with E-state index in [9.17, 15) is 9.59 Å². The van der Waals surface area contributed by atoms with Gasteiger partial charge in [0.15, 0.2) is 0 Å². The summed E-state index contributed by atoms with van der Waals surface area (Å²) in [5.74, 6) is 0.315. The minimum Gasteiger partial charge on any atom is -0.329 e. The van der Waals surface area contributed by atoms with Crippen molar-refractivity contribution in [1.29, 1.82) is 0 Å². The molecule has 0 radical (unpaired) electrons. The van der Waals surface area contributed by atoms with Crippen molar-refractivity contribution in [2.75, 3.05) is 13.1 Å². The minimum absolute atomic E-state index is 0.0922. The molecular weight excluding hydrogens is 204 g/mol. The standard InChI is InChI=1S/C12H22N2O2/c1-3-4-5-6-7-10(2)9-14-11(15)8-13-12(14)16/h10H,3-9H2,1-2H3,(H,13,16). The van der Waals surface area contributed by atoms with Gasteiger partial charge in [-0.05, 0) is 12.3 Å². The third-order valence-corrected chi connectivity index (χ3v) is 2.98. The van der Waals surface area contributed by atoms with Gasteiger partial charge in [0, 0.05) is 6.54 Å². The Hall–Kier alpha value is -1.06. The lowest BCUT2D eigenvalue weighted by Gasteiger charge is -2.17. The first-order chi connectivity index (χ1) is 7.65. The normalized spacial score (nSPS) is 17.8. The molecule has 1 fully saturated rings. The fourth-order valence-electron chi connectivity index (χ4n) is 1.96. The van der Waals surface area contributed by atoms with Crippen molar-refractivity contribution >= 4 is 11.9 Å². The maximum atomic E-state index is 11.3. The van der Waals surface area contributed by atoms with E-state index >= 15 is 0 Å². The summed E-state index contributed by atoms with van der Waals surface area (Å²) in [6, 6.07) is -0.231. The van der Waals surface area contributed by atoms with Gasteiger partial charge in [0.2, 0.25) is 5.91 Å². The zero-order valence-corrected chi connectivity index (χ0v) is 10.3. The van der Waals surface area contributed by atoms with Crippen molar-refractivity contribution in [3.05, 3.63) is 0 Å². The molecule has 0 aliphatic carbocycles. The number of rotatable bonds is 7. The first-order valence-electron chi connectivity index (χ1n) is 6.23. The molecule has 1 aliphatic rings. The molecule has 0 saturated carbocycles. The lowest BCUT2D eigenvalue weighted by atomic mass is 10.0. The van der Waals surface area contributed by atoms with Crippen molar-refractivity contribution < 1.29 is 9.59 Å². The number of nitrogens with zero attached hydrogens (tertiary/aromatic N) is 1. The Morgan fingerprint density at radius 1 is 1.31 bits per heavy atom. The van der Waals surface area contributed by atoms with Gasteiger partial charge in [-0.25, -0.2) is 4.79 Å². The van der Waals surface area contributed by atoms with Crippen molar-refractivity contribution in [2.24, 2.45) is 5.92 Å². The highest BCUT2D eigenvalue weighted by Gasteiger charge is 2.29. The summed E-state index contributed by atoms with van der Waals surface area (Å²) in [5.41, 5.74) is 0. The highest BCUT2D eigenvalue weighted by atomic mass is 16.2. The highest BCUT2D eigenvalue weighted by molar-refractivity contribution is 6.01. The van der Waals surface area contributed by atoms with E-state index in [1.54, 1.807) is 0 Å². The number of urea groups is 1. The maximum absolute atomic E-state index is 11.3. The molecule has 0 aromatic rings. The van der Waals surface area contributed by atoms with E-state index in [2.05, 4.69) is 19.2 Å². The summed E-state index contributed by atoms with van der Waals surface area (Å²) >= 11 is 0. The molecule has 92 valence electrons. The number of imide groups is 1. The zero-order chi connectivity index (χ0) is 12.0. The molecule has 1 N–H and O–H groups in total. The Kier molecular flexibility index (Phi) is 5.29. The van der Waals surface area contributed by atoms with E-state index in [-0.39, 0.29) is 18.5 Å². The molecule has 1 unspecified atom stereocenters. The summed E-state index contributed by atoms with van der Waals surface area (Å²) in [5, 5.41) is 2.54. The number of carbonyl (C=O) groups is 2. The zero-order valence-electron chi connectivity index (χ0n) is 10.3. The Balaban J connectivity index is 2.20. The number of amides is 3. The lowest BCUT2D eigenvalue weighted by molar-refractivity contribution is -0.125. The SMILES string of the molecule is CCCCCCC(C)CN1C(=O)CNC1=O. The third-order valence-electron chi connectivity index (χ3n) is 2.98. The molecule has 4 heteroatoms. The Morgan fingerprint density at radius 2 is 2.06 bits per heavy atom. The average molecular weight is 226 g/mol. The molecule has 0 spiro atoms. The van der Waals surface area contributed by atoms with Crippen LogP contribution in [0.2, 0.25) is 0 Å². The van der Waals surface area contributed by atoms with Gasteiger partial charge in [0.25, 0.3) is 0 Å². The van der Waals surface area contributed by atoms with Crippen LogP contribution in [0.5, 0.6) is 0 Å². The van der Waals surface area contributed by atoms with Crippen LogP contribution in [0.3, 0.4) is 0 Å². The molecule has 0 bridgehead atoms. The number of nitrogens with one attached hydrogen (secondary N) is 1. The molecule has 1 rings (SSSR count). The van der Waals surface area contributed by atoms with Gasteiger partial charge in [-0.15, -0.1) is 0 Å². The van der Waals surface area contributed by atoms with Crippen LogP contribution in [0.25, 0.3) is 0 Å². The molecule has 16 heavy (non-hydrogen) atoms. The second kappa shape index (κ2) is 6.51. The average Bonchev–Trinajstić information content (AvgIpc) is 2.56. The second-order valence-corrected chi connectivity index (χ2v) is 4.62. The quantitative estimate of drug-likeness (QED) is 0.534. The fourth-order valence-corrected chi connectivity index (χ4v) is 1.96. The predicted octanol–water partition coefficient (Wildman–Crippen LogP) is 2.14. The summed E-state index contributed by atoms with van der Waals surface area (Å²) in [4.78, 5) is 24.0. The minimum atomic E-state index is -0.231. The Bertz CT molecular complexity index is 237. The van der Waals surface area contributed by atoms with Crippen molar-refractivity contribution in [3.8, 4) is 0 Å². The topological polar surface area (TPSA) is 49.4 Å². The Morgan fingerprint density at radius 3 is 2.62 bits per heavy atom. The first-order valence-corrected chi connectivity index (χ1v) is 6.23. The summed E-state index contributed by atoms with van der Waals surface area (Å²) in [7, 11) is 0. The molecule has 4 nitrogen and oxygen atoms in total. The van der Waals surface area contributed by atoms with Crippen LogP contribution in [0.15, 0.2) is 0 Å². The molecule has 1 heterocycles. The van der Waals surface area contributed by atoms with E-state index in [1.807, 2.05) is 0 Å². The lowest BCUT2D eigenvalue weighted by Crippen LogP contribution is -2.34. The van der Waals surface area contributed by atoms with Crippen molar-refractivity contribution in [2.45, 2.75) is 46.0 Å². The van der Waals surface area contributed by atoms with Gasteiger partial charge < -0.3 is 5.32 Å². The molecule has 1 aliphatic heterocycles. The molecular formula is C12H22N2O2. The van der Waals surface area contributed by atoms with Gasteiger partial charge in [-0.1, -0.05) is 39.5 Å². The van der Waals surface area contributed by atoms with Crippen LogP contribution in [0.1, 0.15) is 46.0 Å². The molecule has 1 saturated heterocycles. The highest BCUT2D eigenvalue weighted by Crippen LogP contribution is 2.13. The predicted molar refractivity (Wildman–Crippen MR) is 63.0 cm³/mol. The first kappa shape index (κ1) is 13.0. The van der Waals surface area contributed by atoms with E-state index in [4.69, 9.17) is 0 Å². The second-order valence-electron chi connectivity index (χ2n) is 4.62. The van der Waals surface area contributed by atoms with E-state index in [0.717, 1.165) is 6.42 Å². The van der Waals surface area contributed by atoms with E-state index < -0.39 is 0 Å². The van der Waals surface area contributed by atoms with E-state index in [0.29, 0.717) is 12.5 Å².